The van der Waals surface area contributed by atoms with E-state index in [-0.39, 0.29) is 11.9 Å². The van der Waals surface area contributed by atoms with Crippen molar-refractivity contribution >= 4 is 17.4 Å². The molecule has 0 aliphatic heterocycles. The molecule has 0 aliphatic rings. The fourth-order valence-electron chi connectivity index (χ4n) is 2.55. The molecule has 0 radical (unpaired) electrons. The summed E-state index contributed by atoms with van der Waals surface area (Å²) in [6.07, 6.45) is 0.708. The number of hydrogen-bond acceptors (Lipinski definition) is 4. The highest BCUT2D eigenvalue weighted by atomic mass is 32.1. The standard InChI is InChI=1S/C19H19N3OS/c1-3-17-18(24-22-21-17)19(23)20-13(2)14-9-11-16(12-10-14)15-7-5-4-6-8-15/h4-13H,3H2,1-2H3,(H,20,23). The van der Waals surface area contributed by atoms with E-state index in [0.29, 0.717) is 11.3 Å². The molecule has 0 saturated carbocycles. The van der Waals surface area contributed by atoms with E-state index in [1.54, 1.807) is 0 Å². The lowest BCUT2D eigenvalue weighted by Crippen LogP contribution is -2.26. The first-order valence-corrected chi connectivity index (χ1v) is 8.74. The van der Waals surface area contributed by atoms with E-state index < -0.39 is 0 Å². The van der Waals surface area contributed by atoms with Gasteiger partial charge in [-0.3, -0.25) is 4.79 Å². The molecule has 2 aromatic carbocycles. The molecule has 0 aliphatic carbocycles. The third kappa shape index (κ3) is 3.51. The minimum absolute atomic E-state index is 0.0749. The Kier molecular flexibility index (Phi) is 5.01. The van der Waals surface area contributed by atoms with Gasteiger partial charge < -0.3 is 5.32 Å². The zero-order chi connectivity index (χ0) is 16.9. The first-order valence-electron chi connectivity index (χ1n) is 7.96. The van der Waals surface area contributed by atoms with Gasteiger partial charge in [0.05, 0.1) is 11.7 Å². The lowest BCUT2D eigenvalue weighted by atomic mass is 10.0. The lowest BCUT2D eigenvalue weighted by molar-refractivity contribution is 0.0943. The summed E-state index contributed by atoms with van der Waals surface area (Å²) < 4.78 is 3.87. The van der Waals surface area contributed by atoms with Crippen molar-refractivity contribution < 1.29 is 4.79 Å². The molecule has 24 heavy (non-hydrogen) atoms. The zero-order valence-corrected chi connectivity index (χ0v) is 14.5. The number of aryl methyl sites for hydroxylation is 1. The van der Waals surface area contributed by atoms with Crippen LogP contribution in [0.2, 0.25) is 0 Å². The summed E-state index contributed by atoms with van der Waals surface area (Å²) in [5.41, 5.74) is 4.17. The maximum atomic E-state index is 12.4. The van der Waals surface area contributed by atoms with Crippen LogP contribution in [0.1, 0.15) is 40.8 Å². The Balaban J connectivity index is 1.71. The molecule has 1 aromatic heterocycles. The number of nitrogens with zero attached hydrogens (tertiary/aromatic N) is 2. The Hall–Kier alpha value is -2.53. The van der Waals surface area contributed by atoms with Gasteiger partial charge in [-0.1, -0.05) is 66.0 Å². The first-order chi connectivity index (χ1) is 11.7. The molecule has 3 rings (SSSR count). The Morgan fingerprint density at radius 1 is 1.08 bits per heavy atom. The maximum Gasteiger partial charge on any atom is 0.265 e. The van der Waals surface area contributed by atoms with Gasteiger partial charge in [-0.2, -0.15) is 0 Å². The van der Waals surface area contributed by atoms with Crippen LogP contribution in [0.5, 0.6) is 0 Å². The molecule has 1 unspecified atom stereocenters. The topological polar surface area (TPSA) is 54.9 Å². The van der Waals surface area contributed by atoms with E-state index in [2.05, 4.69) is 51.3 Å². The molecule has 0 spiro atoms. The molecule has 3 aromatic rings. The molecule has 1 heterocycles. The minimum atomic E-state index is -0.110. The van der Waals surface area contributed by atoms with Crippen LogP contribution in [-0.4, -0.2) is 15.5 Å². The molecule has 0 fully saturated rings. The van der Waals surface area contributed by atoms with Crippen LogP contribution < -0.4 is 5.32 Å². The molecule has 4 nitrogen and oxygen atoms in total. The van der Waals surface area contributed by atoms with E-state index in [1.807, 2.05) is 32.0 Å². The summed E-state index contributed by atoms with van der Waals surface area (Å²) in [6, 6.07) is 18.4. The Labute approximate surface area is 145 Å². The van der Waals surface area contributed by atoms with Gasteiger partial charge in [0, 0.05) is 0 Å². The number of amides is 1. The van der Waals surface area contributed by atoms with Crippen LogP contribution in [0, 0.1) is 0 Å². The molecule has 0 bridgehead atoms. The van der Waals surface area contributed by atoms with Crippen molar-refractivity contribution in [1.82, 2.24) is 14.9 Å². The first kappa shape index (κ1) is 16.3. The Morgan fingerprint density at radius 2 is 1.75 bits per heavy atom. The van der Waals surface area contributed by atoms with E-state index in [9.17, 15) is 4.79 Å². The summed E-state index contributed by atoms with van der Waals surface area (Å²) in [5.74, 6) is -0.110. The molecule has 5 heteroatoms. The fraction of sp³-hybridized carbons (Fsp3) is 0.211. The van der Waals surface area contributed by atoms with Crippen LogP contribution in [-0.2, 0) is 6.42 Å². The second kappa shape index (κ2) is 7.36. The number of aromatic nitrogens is 2. The van der Waals surface area contributed by atoms with Crippen molar-refractivity contribution in [2.45, 2.75) is 26.3 Å². The van der Waals surface area contributed by atoms with Crippen molar-refractivity contribution in [1.29, 1.82) is 0 Å². The summed E-state index contributed by atoms with van der Waals surface area (Å²) in [6.45, 7) is 3.95. The number of benzene rings is 2. The van der Waals surface area contributed by atoms with Gasteiger partial charge in [0.1, 0.15) is 4.88 Å². The third-order valence-electron chi connectivity index (χ3n) is 3.96. The second-order valence-corrected chi connectivity index (χ2v) is 6.34. The lowest BCUT2D eigenvalue weighted by Gasteiger charge is -2.14. The molecule has 1 N–H and O–H groups in total. The highest BCUT2D eigenvalue weighted by molar-refractivity contribution is 7.08. The van der Waals surface area contributed by atoms with Crippen LogP contribution in [0.3, 0.4) is 0 Å². The number of carbonyl (C=O) groups excluding carboxylic acids is 1. The van der Waals surface area contributed by atoms with Crippen molar-refractivity contribution in [3.63, 3.8) is 0 Å². The summed E-state index contributed by atoms with van der Waals surface area (Å²) in [7, 11) is 0. The van der Waals surface area contributed by atoms with Crippen LogP contribution in [0.25, 0.3) is 11.1 Å². The minimum Gasteiger partial charge on any atom is -0.345 e. The molecule has 122 valence electrons. The predicted molar refractivity (Wildman–Crippen MR) is 97.0 cm³/mol. The van der Waals surface area contributed by atoms with E-state index in [4.69, 9.17) is 0 Å². The van der Waals surface area contributed by atoms with Crippen molar-refractivity contribution in [2.24, 2.45) is 0 Å². The van der Waals surface area contributed by atoms with Gasteiger partial charge >= 0.3 is 0 Å². The van der Waals surface area contributed by atoms with Crippen molar-refractivity contribution in [3.05, 3.63) is 70.7 Å². The zero-order valence-electron chi connectivity index (χ0n) is 13.7. The van der Waals surface area contributed by atoms with Crippen LogP contribution in [0.15, 0.2) is 54.6 Å². The van der Waals surface area contributed by atoms with Gasteiger partial charge in [-0.15, -0.1) is 5.10 Å². The average Bonchev–Trinajstić information content (AvgIpc) is 3.11. The van der Waals surface area contributed by atoms with Gasteiger partial charge in [0.25, 0.3) is 5.91 Å². The summed E-state index contributed by atoms with van der Waals surface area (Å²) in [4.78, 5) is 13.0. The molecular formula is C19H19N3OS. The van der Waals surface area contributed by atoms with Crippen LogP contribution in [0.4, 0.5) is 0 Å². The molecule has 1 atom stereocenters. The van der Waals surface area contributed by atoms with Crippen molar-refractivity contribution in [2.75, 3.05) is 0 Å². The smallest absolute Gasteiger partial charge is 0.265 e. The average molecular weight is 337 g/mol. The number of rotatable bonds is 5. The fourth-order valence-corrected chi connectivity index (χ4v) is 3.21. The third-order valence-corrected chi connectivity index (χ3v) is 4.73. The predicted octanol–water partition coefficient (Wildman–Crippen LogP) is 4.26. The molecular weight excluding hydrogens is 318 g/mol. The van der Waals surface area contributed by atoms with Gasteiger partial charge in [-0.05, 0) is 41.6 Å². The normalized spacial score (nSPS) is 11.9. The Morgan fingerprint density at radius 3 is 2.42 bits per heavy atom. The number of carbonyl (C=O) groups is 1. The number of hydrogen-bond donors (Lipinski definition) is 1. The van der Waals surface area contributed by atoms with E-state index >= 15 is 0 Å². The van der Waals surface area contributed by atoms with E-state index in [0.717, 1.165) is 28.4 Å². The molecule has 1 amide bonds. The highest BCUT2D eigenvalue weighted by Gasteiger charge is 2.17. The maximum absolute atomic E-state index is 12.4. The van der Waals surface area contributed by atoms with Crippen molar-refractivity contribution in [3.8, 4) is 11.1 Å². The van der Waals surface area contributed by atoms with Crippen LogP contribution >= 0.6 is 11.5 Å². The van der Waals surface area contributed by atoms with Gasteiger partial charge in [0.15, 0.2) is 0 Å². The molecule has 0 saturated heterocycles. The SMILES string of the molecule is CCc1nnsc1C(=O)NC(C)c1ccc(-c2ccccc2)cc1. The largest absolute Gasteiger partial charge is 0.345 e. The van der Waals surface area contributed by atoms with E-state index in [1.165, 1.54) is 5.56 Å². The summed E-state index contributed by atoms with van der Waals surface area (Å²) >= 11 is 1.15. The monoisotopic (exact) mass is 337 g/mol. The van der Waals surface area contributed by atoms with Gasteiger partial charge in [0.2, 0.25) is 0 Å². The summed E-state index contributed by atoms with van der Waals surface area (Å²) in [5, 5.41) is 7.01. The quantitative estimate of drug-likeness (QED) is 0.757. The highest BCUT2D eigenvalue weighted by Crippen LogP contribution is 2.22. The van der Waals surface area contributed by atoms with Gasteiger partial charge in [-0.25, -0.2) is 0 Å². The Bertz CT molecular complexity index is 812. The second-order valence-electron chi connectivity index (χ2n) is 5.59. The number of nitrogens with one attached hydrogen (secondary N) is 1.